The van der Waals surface area contributed by atoms with Crippen LogP contribution in [0.2, 0.25) is 0 Å². The third-order valence-electron chi connectivity index (χ3n) is 4.72. The summed E-state index contributed by atoms with van der Waals surface area (Å²) in [6.07, 6.45) is 4.17. The van der Waals surface area contributed by atoms with E-state index in [4.69, 9.17) is 0 Å². The van der Waals surface area contributed by atoms with Crippen LogP contribution in [0.4, 0.5) is 5.69 Å². The van der Waals surface area contributed by atoms with Crippen molar-refractivity contribution in [3.63, 3.8) is 0 Å². The van der Waals surface area contributed by atoms with E-state index in [9.17, 15) is 9.59 Å². The number of carbonyl (C=O) groups is 2. The molecule has 1 aliphatic heterocycles. The van der Waals surface area contributed by atoms with Gasteiger partial charge in [-0.1, -0.05) is 12.1 Å². The Balaban J connectivity index is 1.47. The number of likely N-dealkylation sites (tertiary alicyclic amines) is 1. The lowest BCUT2D eigenvalue weighted by molar-refractivity contribution is -0.128. The second-order valence-electron chi connectivity index (χ2n) is 6.74. The average molecular weight is 336 g/mol. The van der Waals surface area contributed by atoms with Crippen LogP contribution in [0.5, 0.6) is 0 Å². The van der Waals surface area contributed by atoms with Crippen LogP contribution < -0.4 is 5.32 Å². The summed E-state index contributed by atoms with van der Waals surface area (Å²) < 4.78 is 0. The first-order valence-electron chi connectivity index (χ1n) is 8.60. The Kier molecular flexibility index (Phi) is 3.95. The molecule has 1 aliphatic carbocycles. The van der Waals surface area contributed by atoms with Crippen LogP contribution in [0.15, 0.2) is 36.5 Å². The summed E-state index contributed by atoms with van der Waals surface area (Å²) in [5.74, 6) is 0.454. The standard InChI is InChI=1S/C19H20N4O2/c1-12-20-8-7-17(21-12)13-3-2-4-15(9-13)22-19(25)14-10-18(24)23(11-14)16-5-6-16/h2-4,7-9,14,16H,5-6,10-11H2,1H3,(H,22,25). The van der Waals surface area contributed by atoms with E-state index in [0.717, 1.165) is 29.8 Å². The molecule has 6 nitrogen and oxygen atoms in total. The first kappa shape index (κ1) is 15.7. The van der Waals surface area contributed by atoms with E-state index in [1.165, 1.54) is 0 Å². The molecule has 6 heteroatoms. The molecule has 128 valence electrons. The summed E-state index contributed by atoms with van der Waals surface area (Å²) in [5.41, 5.74) is 2.46. The van der Waals surface area contributed by atoms with E-state index in [-0.39, 0.29) is 17.7 Å². The number of benzene rings is 1. The lowest BCUT2D eigenvalue weighted by atomic mass is 10.1. The molecule has 1 N–H and O–H groups in total. The van der Waals surface area contributed by atoms with E-state index < -0.39 is 0 Å². The van der Waals surface area contributed by atoms with Gasteiger partial charge in [-0.15, -0.1) is 0 Å². The maximum absolute atomic E-state index is 12.5. The molecule has 1 saturated carbocycles. The molecule has 1 aromatic carbocycles. The molecule has 0 radical (unpaired) electrons. The lowest BCUT2D eigenvalue weighted by Crippen LogP contribution is -2.29. The Hall–Kier alpha value is -2.76. The highest BCUT2D eigenvalue weighted by Crippen LogP contribution is 2.33. The highest BCUT2D eigenvalue weighted by Gasteiger charge is 2.41. The van der Waals surface area contributed by atoms with Gasteiger partial charge >= 0.3 is 0 Å². The zero-order chi connectivity index (χ0) is 17.4. The van der Waals surface area contributed by atoms with Crippen molar-refractivity contribution in [2.24, 2.45) is 5.92 Å². The van der Waals surface area contributed by atoms with Crippen LogP contribution in [-0.4, -0.2) is 39.3 Å². The molecule has 25 heavy (non-hydrogen) atoms. The zero-order valence-corrected chi connectivity index (χ0v) is 14.1. The third kappa shape index (κ3) is 3.38. The molecule has 2 amide bonds. The number of aryl methyl sites for hydroxylation is 1. The number of amides is 2. The number of nitrogens with one attached hydrogen (secondary N) is 1. The fraction of sp³-hybridized carbons (Fsp3) is 0.368. The summed E-state index contributed by atoms with van der Waals surface area (Å²) in [7, 11) is 0. The van der Waals surface area contributed by atoms with Crippen molar-refractivity contribution in [1.82, 2.24) is 14.9 Å². The molecular formula is C19H20N4O2. The number of nitrogens with zero attached hydrogens (tertiary/aromatic N) is 3. The van der Waals surface area contributed by atoms with Gasteiger partial charge in [-0.05, 0) is 38.0 Å². The Labute approximate surface area is 146 Å². The number of hydrogen-bond acceptors (Lipinski definition) is 4. The third-order valence-corrected chi connectivity index (χ3v) is 4.72. The molecule has 1 saturated heterocycles. The first-order valence-corrected chi connectivity index (χ1v) is 8.60. The number of carbonyl (C=O) groups excluding carboxylic acids is 2. The maximum Gasteiger partial charge on any atom is 0.229 e. The molecule has 2 fully saturated rings. The Morgan fingerprint density at radius 3 is 2.88 bits per heavy atom. The van der Waals surface area contributed by atoms with Gasteiger partial charge in [-0.25, -0.2) is 9.97 Å². The van der Waals surface area contributed by atoms with Gasteiger partial charge < -0.3 is 10.2 Å². The molecule has 1 aromatic heterocycles. The van der Waals surface area contributed by atoms with Crippen molar-refractivity contribution in [3.8, 4) is 11.3 Å². The smallest absolute Gasteiger partial charge is 0.229 e. The minimum absolute atomic E-state index is 0.0903. The van der Waals surface area contributed by atoms with E-state index in [1.54, 1.807) is 6.20 Å². The SMILES string of the molecule is Cc1nccc(-c2cccc(NC(=O)C3CC(=O)N(C4CC4)C3)c2)n1. The van der Waals surface area contributed by atoms with Crippen LogP contribution >= 0.6 is 0 Å². The van der Waals surface area contributed by atoms with Gasteiger partial charge in [-0.2, -0.15) is 0 Å². The van der Waals surface area contributed by atoms with E-state index >= 15 is 0 Å². The molecule has 0 spiro atoms. The highest BCUT2D eigenvalue weighted by molar-refractivity contribution is 5.97. The van der Waals surface area contributed by atoms with Crippen LogP contribution in [0.25, 0.3) is 11.3 Å². The number of hydrogen-bond donors (Lipinski definition) is 1. The van der Waals surface area contributed by atoms with Gasteiger partial charge in [0.05, 0.1) is 11.6 Å². The predicted molar refractivity (Wildman–Crippen MR) is 93.7 cm³/mol. The number of rotatable bonds is 4. The molecule has 0 bridgehead atoms. The normalized spacial score (nSPS) is 20.0. The molecule has 1 atom stereocenters. The van der Waals surface area contributed by atoms with Gasteiger partial charge in [0, 0.05) is 36.5 Å². The lowest BCUT2D eigenvalue weighted by Gasteiger charge is -2.15. The molecular weight excluding hydrogens is 316 g/mol. The zero-order valence-electron chi connectivity index (χ0n) is 14.1. The van der Waals surface area contributed by atoms with Gasteiger partial charge in [-0.3, -0.25) is 9.59 Å². The Morgan fingerprint density at radius 2 is 2.12 bits per heavy atom. The summed E-state index contributed by atoms with van der Waals surface area (Å²) >= 11 is 0. The molecule has 4 rings (SSSR count). The summed E-state index contributed by atoms with van der Waals surface area (Å²) in [6.45, 7) is 2.39. The van der Waals surface area contributed by atoms with E-state index in [1.807, 2.05) is 42.2 Å². The van der Waals surface area contributed by atoms with Crippen LogP contribution in [0, 0.1) is 12.8 Å². The molecule has 2 aliphatic rings. The second-order valence-corrected chi connectivity index (χ2v) is 6.74. The number of anilines is 1. The Bertz CT molecular complexity index is 832. The topological polar surface area (TPSA) is 75.2 Å². The highest BCUT2D eigenvalue weighted by atomic mass is 16.2. The van der Waals surface area contributed by atoms with Gasteiger partial charge in [0.2, 0.25) is 11.8 Å². The van der Waals surface area contributed by atoms with Crippen molar-refractivity contribution in [1.29, 1.82) is 0 Å². The minimum atomic E-state index is -0.266. The van der Waals surface area contributed by atoms with Crippen molar-refractivity contribution >= 4 is 17.5 Å². The molecule has 2 aromatic rings. The van der Waals surface area contributed by atoms with Gasteiger partial charge in [0.1, 0.15) is 5.82 Å². The van der Waals surface area contributed by atoms with Crippen molar-refractivity contribution in [3.05, 3.63) is 42.4 Å². The van der Waals surface area contributed by atoms with Crippen LogP contribution in [0.1, 0.15) is 25.1 Å². The van der Waals surface area contributed by atoms with Crippen LogP contribution in [0.3, 0.4) is 0 Å². The maximum atomic E-state index is 12.5. The monoisotopic (exact) mass is 336 g/mol. The number of aromatic nitrogens is 2. The minimum Gasteiger partial charge on any atom is -0.339 e. The van der Waals surface area contributed by atoms with Gasteiger partial charge in [0.25, 0.3) is 0 Å². The van der Waals surface area contributed by atoms with Crippen molar-refractivity contribution in [2.45, 2.75) is 32.2 Å². The molecule has 2 heterocycles. The fourth-order valence-corrected chi connectivity index (χ4v) is 3.26. The second kappa shape index (κ2) is 6.27. The van der Waals surface area contributed by atoms with Crippen molar-refractivity contribution in [2.75, 3.05) is 11.9 Å². The fourth-order valence-electron chi connectivity index (χ4n) is 3.26. The van der Waals surface area contributed by atoms with E-state index in [2.05, 4.69) is 15.3 Å². The first-order chi connectivity index (χ1) is 12.1. The average Bonchev–Trinajstić information content (AvgIpc) is 3.37. The Morgan fingerprint density at radius 1 is 1.28 bits per heavy atom. The summed E-state index contributed by atoms with van der Waals surface area (Å²) in [4.78, 5) is 34.9. The summed E-state index contributed by atoms with van der Waals surface area (Å²) in [6, 6.07) is 9.80. The quantitative estimate of drug-likeness (QED) is 0.930. The van der Waals surface area contributed by atoms with Crippen LogP contribution in [-0.2, 0) is 9.59 Å². The van der Waals surface area contributed by atoms with Gasteiger partial charge in [0.15, 0.2) is 0 Å². The molecule has 1 unspecified atom stereocenters. The largest absolute Gasteiger partial charge is 0.339 e. The predicted octanol–water partition coefficient (Wildman–Crippen LogP) is 2.40. The van der Waals surface area contributed by atoms with E-state index in [0.29, 0.717) is 24.8 Å². The van der Waals surface area contributed by atoms with Crippen molar-refractivity contribution < 1.29 is 9.59 Å². The summed E-state index contributed by atoms with van der Waals surface area (Å²) in [5, 5.41) is 2.95.